The van der Waals surface area contributed by atoms with E-state index in [0.29, 0.717) is 63.0 Å². The van der Waals surface area contributed by atoms with Crippen LogP contribution in [0.2, 0.25) is 5.02 Å². The highest BCUT2D eigenvalue weighted by molar-refractivity contribution is 6.32. The fourth-order valence-corrected chi connectivity index (χ4v) is 7.88. The number of piperidine rings is 2. The molecule has 10 nitrogen and oxygen atoms in total. The Labute approximate surface area is 275 Å². The van der Waals surface area contributed by atoms with E-state index >= 15 is 0 Å². The number of carbonyl (C=O) groups excluding carboxylic acids is 3. The first-order chi connectivity index (χ1) is 22.3. The van der Waals surface area contributed by atoms with Crippen LogP contribution >= 0.6 is 11.6 Å². The van der Waals surface area contributed by atoms with E-state index in [-0.39, 0.29) is 35.2 Å². The Morgan fingerprint density at radius 1 is 0.978 bits per heavy atom. The predicted octanol–water partition coefficient (Wildman–Crippen LogP) is 5.62. The number of rotatable bonds is 6. The van der Waals surface area contributed by atoms with Gasteiger partial charge in [-0.1, -0.05) is 35.9 Å². The zero-order chi connectivity index (χ0) is 32.2. The van der Waals surface area contributed by atoms with Crippen LogP contribution < -0.4 is 5.32 Å². The highest BCUT2D eigenvalue weighted by atomic mass is 35.5. The maximum absolute atomic E-state index is 13.9. The molecule has 0 unspecified atom stereocenters. The molecule has 0 aromatic heterocycles. The second kappa shape index (κ2) is 14.5. The van der Waals surface area contributed by atoms with Gasteiger partial charge in [0.25, 0.3) is 5.91 Å². The number of para-hydroxylation sites is 1. The second-order valence-corrected chi connectivity index (χ2v) is 13.6. The van der Waals surface area contributed by atoms with Crippen LogP contribution in [0.4, 0.5) is 15.3 Å². The average Bonchev–Trinajstić information content (AvgIpc) is 3.25. The highest BCUT2D eigenvalue weighted by Gasteiger charge is 2.36. The molecule has 1 atom stereocenters. The fraction of sp³-hybridized carbons (Fsp3) is 0.571. The zero-order valence-electron chi connectivity index (χ0n) is 26.6. The van der Waals surface area contributed by atoms with Crippen molar-refractivity contribution in [2.24, 2.45) is 11.8 Å². The van der Waals surface area contributed by atoms with Gasteiger partial charge in [0.2, 0.25) is 0 Å². The quantitative estimate of drug-likeness (QED) is 0.419. The zero-order valence-corrected chi connectivity index (χ0v) is 27.3. The van der Waals surface area contributed by atoms with E-state index in [0.717, 1.165) is 62.1 Å². The van der Waals surface area contributed by atoms with Crippen molar-refractivity contribution >= 4 is 35.3 Å². The highest BCUT2D eigenvalue weighted by Crippen LogP contribution is 2.33. The number of anilines is 1. The van der Waals surface area contributed by atoms with Gasteiger partial charge in [0.15, 0.2) is 6.10 Å². The summed E-state index contributed by atoms with van der Waals surface area (Å²) in [6, 6.07) is 11.2. The van der Waals surface area contributed by atoms with Crippen molar-refractivity contribution < 1.29 is 29.0 Å². The number of aryl methyl sites for hydroxylation is 1. The minimum Gasteiger partial charge on any atom is -0.506 e. The standard InChI is InChI=1S/C35H45ClN4O6/c1-23-20-24(21-29(36)32(23)41)22-31(33(42)38-13-6-25(7-14-38)26-11-18-45-19-12-26)46-35(44)39-15-9-28(10-16-39)40-17-8-27-4-2-3-5-30(27)37-34(40)43/h2-5,20-21,25-26,28,31,41H,6-19,22H2,1H3,(H,37,43)/t31-/m1/s1. The number of nitrogens with zero attached hydrogens (tertiary/aromatic N) is 3. The smallest absolute Gasteiger partial charge is 0.410 e. The molecule has 6 rings (SSSR count). The Hall–Kier alpha value is -3.50. The minimum atomic E-state index is -1.01. The molecule has 4 aliphatic heterocycles. The van der Waals surface area contributed by atoms with Gasteiger partial charge >= 0.3 is 12.1 Å². The third kappa shape index (κ3) is 7.39. The SMILES string of the molecule is Cc1cc(C[C@@H](OC(=O)N2CCC(N3CCc4ccccc4NC3=O)CC2)C(=O)N2CCC(C3CCOCC3)CC2)cc(Cl)c1O. The number of nitrogens with one attached hydrogen (secondary N) is 1. The molecule has 2 aromatic rings. The summed E-state index contributed by atoms with van der Waals surface area (Å²) in [4.78, 5) is 45.9. The van der Waals surface area contributed by atoms with E-state index in [1.807, 2.05) is 34.1 Å². The largest absolute Gasteiger partial charge is 0.506 e. The van der Waals surface area contributed by atoms with Crippen LogP contribution in [0, 0.1) is 18.8 Å². The van der Waals surface area contributed by atoms with Gasteiger partial charge in [-0.25, -0.2) is 9.59 Å². The third-order valence-corrected chi connectivity index (χ3v) is 10.6. The van der Waals surface area contributed by atoms with Gasteiger partial charge in [-0.05, 0) is 92.5 Å². The Balaban J connectivity index is 1.09. The number of phenolic OH excluding ortho intramolecular Hbond substituents is 1. The molecule has 3 saturated heterocycles. The summed E-state index contributed by atoms with van der Waals surface area (Å²) >= 11 is 6.27. The summed E-state index contributed by atoms with van der Waals surface area (Å²) < 4.78 is 11.6. The van der Waals surface area contributed by atoms with Crippen LogP contribution in [-0.2, 0) is 27.1 Å². The summed E-state index contributed by atoms with van der Waals surface area (Å²) in [5.74, 6) is 1.02. The molecule has 3 fully saturated rings. The van der Waals surface area contributed by atoms with Crippen LogP contribution in [-0.4, -0.2) is 95.9 Å². The molecule has 4 amide bonds. The van der Waals surface area contributed by atoms with Crippen LogP contribution in [0.3, 0.4) is 0 Å². The van der Waals surface area contributed by atoms with Gasteiger partial charge in [0.1, 0.15) is 5.75 Å². The number of halogens is 1. The molecule has 0 aliphatic carbocycles. The molecular weight excluding hydrogens is 608 g/mol. The van der Waals surface area contributed by atoms with Crippen LogP contribution in [0.25, 0.3) is 0 Å². The number of aromatic hydroxyl groups is 1. The van der Waals surface area contributed by atoms with Gasteiger partial charge in [0.05, 0.1) is 5.02 Å². The average molecular weight is 653 g/mol. The summed E-state index contributed by atoms with van der Waals surface area (Å²) in [6.07, 6.45) is 4.67. The third-order valence-electron chi connectivity index (χ3n) is 10.3. The number of amides is 4. The Kier molecular flexibility index (Phi) is 10.2. The summed E-state index contributed by atoms with van der Waals surface area (Å²) in [6.45, 7) is 6.13. The number of fused-ring (bicyclic) bond motifs is 1. The number of hydrogen-bond donors (Lipinski definition) is 2. The molecule has 2 aromatic carbocycles. The van der Waals surface area contributed by atoms with Crippen LogP contribution in [0.5, 0.6) is 5.75 Å². The maximum Gasteiger partial charge on any atom is 0.410 e. The minimum absolute atomic E-state index is 0.00492. The Morgan fingerprint density at radius 2 is 1.65 bits per heavy atom. The normalized spacial score (nSPS) is 20.9. The fourth-order valence-electron chi connectivity index (χ4n) is 7.60. The molecule has 0 bridgehead atoms. The number of benzene rings is 2. The summed E-state index contributed by atoms with van der Waals surface area (Å²) in [7, 11) is 0. The van der Waals surface area contributed by atoms with Gasteiger partial charge < -0.3 is 34.6 Å². The second-order valence-electron chi connectivity index (χ2n) is 13.2. The number of ether oxygens (including phenoxy) is 2. The van der Waals surface area contributed by atoms with Crippen molar-refractivity contribution in [2.75, 3.05) is 51.3 Å². The molecule has 2 N–H and O–H groups in total. The molecule has 0 radical (unpaired) electrons. The van der Waals surface area contributed by atoms with E-state index in [4.69, 9.17) is 21.1 Å². The van der Waals surface area contributed by atoms with E-state index < -0.39 is 12.2 Å². The molecular formula is C35H45ClN4O6. The number of phenols is 1. The van der Waals surface area contributed by atoms with E-state index in [1.165, 1.54) is 0 Å². The molecule has 248 valence electrons. The van der Waals surface area contributed by atoms with Crippen molar-refractivity contribution in [3.63, 3.8) is 0 Å². The van der Waals surface area contributed by atoms with Crippen molar-refractivity contribution in [2.45, 2.75) is 70.4 Å². The topological polar surface area (TPSA) is 112 Å². The first kappa shape index (κ1) is 32.4. The lowest BCUT2D eigenvalue weighted by atomic mass is 9.80. The maximum atomic E-state index is 13.9. The lowest BCUT2D eigenvalue weighted by molar-refractivity contribution is -0.142. The first-order valence-electron chi connectivity index (χ1n) is 16.7. The van der Waals surface area contributed by atoms with Crippen LogP contribution in [0.15, 0.2) is 36.4 Å². The van der Waals surface area contributed by atoms with E-state index in [1.54, 1.807) is 24.0 Å². The first-order valence-corrected chi connectivity index (χ1v) is 17.1. The Morgan fingerprint density at radius 3 is 2.37 bits per heavy atom. The summed E-state index contributed by atoms with van der Waals surface area (Å²) in [5.41, 5.74) is 3.29. The van der Waals surface area contributed by atoms with Crippen molar-refractivity contribution in [1.29, 1.82) is 0 Å². The summed E-state index contributed by atoms with van der Waals surface area (Å²) in [5, 5.41) is 13.4. The van der Waals surface area contributed by atoms with Crippen molar-refractivity contribution in [3.8, 4) is 5.75 Å². The number of hydrogen-bond acceptors (Lipinski definition) is 6. The lowest BCUT2D eigenvalue weighted by Crippen LogP contribution is -2.51. The predicted molar refractivity (Wildman–Crippen MR) is 175 cm³/mol. The number of likely N-dealkylation sites (tertiary alicyclic amines) is 2. The molecule has 4 aliphatic rings. The van der Waals surface area contributed by atoms with E-state index in [2.05, 4.69) is 5.32 Å². The molecule has 46 heavy (non-hydrogen) atoms. The molecule has 11 heteroatoms. The molecule has 4 heterocycles. The van der Waals surface area contributed by atoms with E-state index in [9.17, 15) is 19.5 Å². The molecule has 0 saturated carbocycles. The van der Waals surface area contributed by atoms with Crippen molar-refractivity contribution in [3.05, 3.63) is 58.1 Å². The molecule has 0 spiro atoms. The number of carbonyl (C=O) groups is 3. The number of urea groups is 1. The Bertz CT molecular complexity index is 1390. The van der Waals surface area contributed by atoms with Gasteiger partial charge in [-0.2, -0.15) is 0 Å². The van der Waals surface area contributed by atoms with Crippen LogP contribution in [0.1, 0.15) is 55.2 Å². The van der Waals surface area contributed by atoms with Gasteiger partial charge in [-0.3, -0.25) is 4.79 Å². The lowest BCUT2D eigenvalue weighted by Gasteiger charge is -2.39. The monoisotopic (exact) mass is 652 g/mol. The van der Waals surface area contributed by atoms with Crippen molar-refractivity contribution in [1.82, 2.24) is 14.7 Å². The van der Waals surface area contributed by atoms with Gasteiger partial charge in [-0.15, -0.1) is 0 Å². The van der Waals surface area contributed by atoms with Gasteiger partial charge in [0, 0.05) is 64.1 Å².